The predicted molar refractivity (Wildman–Crippen MR) is 186 cm³/mol. The van der Waals surface area contributed by atoms with E-state index in [-0.39, 0.29) is 24.9 Å². The molecule has 0 fully saturated rings. The zero-order valence-electron chi connectivity index (χ0n) is 26.3. The topological polar surface area (TPSA) is 96.0 Å². The third-order valence-electron chi connectivity index (χ3n) is 7.57. The van der Waals surface area contributed by atoms with Gasteiger partial charge in [0, 0.05) is 23.5 Å². The maximum absolute atomic E-state index is 14.3. The number of sulfonamides is 1. The third kappa shape index (κ3) is 10.2. The average molecular weight is 707 g/mol. The highest BCUT2D eigenvalue weighted by atomic mass is 79.9. The van der Waals surface area contributed by atoms with Crippen LogP contribution in [0.1, 0.15) is 37.0 Å². The Morgan fingerprint density at radius 1 is 0.848 bits per heavy atom. The lowest BCUT2D eigenvalue weighted by molar-refractivity contribution is -0.140. The second-order valence-electron chi connectivity index (χ2n) is 11.2. The number of nitrogens with one attached hydrogen (secondary N) is 1. The Balaban J connectivity index is 1.65. The zero-order valence-corrected chi connectivity index (χ0v) is 28.7. The Morgan fingerprint density at radius 2 is 1.46 bits per heavy atom. The van der Waals surface area contributed by atoms with E-state index < -0.39 is 28.5 Å². The quantitative estimate of drug-likeness (QED) is 0.156. The molecule has 4 aromatic rings. The molecule has 4 aromatic carbocycles. The van der Waals surface area contributed by atoms with E-state index in [1.807, 2.05) is 98.8 Å². The van der Waals surface area contributed by atoms with Gasteiger partial charge >= 0.3 is 0 Å². The van der Waals surface area contributed by atoms with Crippen molar-refractivity contribution in [3.63, 3.8) is 0 Å². The van der Waals surface area contributed by atoms with Gasteiger partial charge in [-0.25, -0.2) is 8.42 Å². The van der Waals surface area contributed by atoms with Gasteiger partial charge in [0.2, 0.25) is 21.8 Å². The fourth-order valence-electron chi connectivity index (χ4n) is 4.89. The van der Waals surface area contributed by atoms with Gasteiger partial charge in [-0.3, -0.25) is 13.9 Å². The minimum atomic E-state index is -3.89. The van der Waals surface area contributed by atoms with Crippen molar-refractivity contribution < 1.29 is 22.7 Å². The highest BCUT2D eigenvalue weighted by Crippen LogP contribution is 2.24. The van der Waals surface area contributed by atoms with Crippen molar-refractivity contribution in [2.24, 2.45) is 0 Å². The van der Waals surface area contributed by atoms with Crippen LogP contribution in [0.2, 0.25) is 0 Å². The summed E-state index contributed by atoms with van der Waals surface area (Å²) in [5.74, 6) is -0.240. The molecule has 0 saturated carbocycles. The van der Waals surface area contributed by atoms with Crippen molar-refractivity contribution >= 4 is 43.5 Å². The maximum atomic E-state index is 14.3. The van der Waals surface area contributed by atoms with E-state index in [4.69, 9.17) is 4.74 Å². The number of nitrogens with zero attached hydrogens (tertiary/aromatic N) is 2. The standard InChI is InChI=1S/C36H40BrN3O5S/c1-4-27(2)38-36(42)34(23-28-12-7-5-8-13-28)39(24-30-16-11-17-31(37)22-30)35(41)25-40(46(3,43)44)32-18-20-33(21-19-32)45-26-29-14-9-6-10-15-29/h5-22,27,34H,4,23-26H2,1-3H3,(H,38,42)/t27-,34+/m0/s1. The van der Waals surface area contributed by atoms with Crippen LogP contribution in [0.15, 0.2) is 114 Å². The number of benzene rings is 4. The summed E-state index contributed by atoms with van der Waals surface area (Å²) in [6, 6.07) is 32.3. The number of ether oxygens (including phenoxy) is 1. The fourth-order valence-corrected chi connectivity index (χ4v) is 6.19. The lowest BCUT2D eigenvalue weighted by atomic mass is 10.0. The molecule has 0 heterocycles. The Bertz CT molecular complexity index is 1690. The Labute approximate surface area is 280 Å². The SMILES string of the molecule is CC[C@H](C)NC(=O)[C@@H](Cc1ccccc1)N(Cc1cccc(Br)c1)C(=O)CN(c1ccc(OCc2ccccc2)cc1)S(C)(=O)=O. The van der Waals surface area contributed by atoms with E-state index in [0.717, 1.165) is 38.1 Å². The summed E-state index contributed by atoms with van der Waals surface area (Å²) in [5.41, 5.74) is 2.99. The number of hydrogen-bond donors (Lipinski definition) is 1. The predicted octanol–water partition coefficient (Wildman–Crippen LogP) is 6.35. The molecule has 0 aliphatic heterocycles. The molecule has 0 aromatic heterocycles. The molecule has 2 amide bonds. The number of carbonyl (C=O) groups excluding carboxylic acids is 2. The third-order valence-corrected chi connectivity index (χ3v) is 9.20. The first-order chi connectivity index (χ1) is 22.0. The van der Waals surface area contributed by atoms with Crippen molar-refractivity contribution in [2.75, 3.05) is 17.1 Å². The fraction of sp³-hybridized carbons (Fsp3) is 0.278. The van der Waals surface area contributed by atoms with Gasteiger partial charge in [-0.2, -0.15) is 0 Å². The normalized spacial score (nSPS) is 12.5. The summed E-state index contributed by atoms with van der Waals surface area (Å²) >= 11 is 3.50. The summed E-state index contributed by atoms with van der Waals surface area (Å²) in [5, 5.41) is 3.04. The van der Waals surface area contributed by atoms with Crippen LogP contribution in [-0.2, 0) is 39.2 Å². The van der Waals surface area contributed by atoms with E-state index in [0.29, 0.717) is 18.0 Å². The molecular weight excluding hydrogens is 666 g/mol. The lowest BCUT2D eigenvalue weighted by Gasteiger charge is -2.34. The number of rotatable bonds is 15. The first-order valence-electron chi connectivity index (χ1n) is 15.2. The molecule has 0 bridgehead atoms. The molecule has 4 rings (SSSR count). The van der Waals surface area contributed by atoms with Gasteiger partial charge in [0.25, 0.3) is 0 Å². The Kier molecular flexibility index (Phi) is 12.4. The molecule has 2 atom stereocenters. The smallest absolute Gasteiger partial charge is 0.244 e. The van der Waals surface area contributed by atoms with Crippen LogP contribution in [0.3, 0.4) is 0 Å². The minimum absolute atomic E-state index is 0.105. The summed E-state index contributed by atoms with van der Waals surface area (Å²) in [7, 11) is -3.89. The van der Waals surface area contributed by atoms with Crippen LogP contribution < -0.4 is 14.4 Å². The Hall–Kier alpha value is -4.15. The molecule has 8 nitrogen and oxygen atoms in total. The van der Waals surface area contributed by atoms with Crippen molar-refractivity contribution in [3.05, 3.63) is 130 Å². The first kappa shape index (κ1) is 34.7. The van der Waals surface area contributed by atoms with Crippen LogP contribution >= 0.6 is 15.9 Å². The highest BCUT2D eigenvalue weighted by Gasteiger charge is 2.33. The largest absolute Gasteiger partial charge is 0.489 e. The van der Waals surface area contributed by atoms with Gasteiger partial charge in [-0.1, -0.05) is 95.7 Å². The van der Waals surface area contributed by atoms with E-state index in [2.05, 4.69) is 21.2 Å². The van der Waals surface area contributed by atoms with Crippen LogP contribution in [-0.4, -0.2) is 50.0 Å². The highest BCUT2D eigenvalue weighted by molar-refractivity contribution is 9.10. The lowest BCUT2D eigenvalue weighted by Crippen LogP contribution is -2.54. The monoisotopic (exact) mass is 705 g/mol. The molecule has 0 radical (unpaired) electrons. The molecule has 0 aliphatic carbocycles. The second kappa shape index (κ2) is 16.4. The number of amides is 2. The molecule has 0 aliphatic rings. The molecule has 1 N–H and O–H groups in total. The number of hydrogen-bond acceptors (Lipinski definition) is 5. The molecule has 46 heavy (non-hydrogen) atoms. The Morgan fingerprint density at radius 3 is 2.04 bits per heavy atom. The summed E-state index contributed by atoms with van der Waals surface area (Å²) in [6.07, 6.45) is 2.04. The molecule has 10 heteroatoms. The van der Waals surface area contributed by atoms with E-state index in [9.17, 15) is 18.0 Å². The maximum Gasteiger partial charge on any atom is 0.244 e. The van der Waals surface area contributed by atoms with Crippen LogP contribution in [0, 0.1) is 0 Å². The average Bonchev–Trinajstić information content (AvgIpc) is 3.05. The molecule has 242 valence electrons. The summed E-state index contributed by atoms with van der Waals surface area (Å²) < 4.78 is 34.0. The summed E-state index contributed by atoms with van der Waals surface area (Å²) in [4.78, 5) is 29.6. The van der Waals surface area contributed by atoms with Gasteiger partial charge in [0.05, 0.1) is 11.9 Å². The molecule has 0 spiro atoms. The number of anilines is 1. The van der Waals surface area contributed by atoms with Gasteiger partial charge in [-0.05, 0) is 66.4 Å². The molecule has 0 unspecified atom stereocenters. The number of halogens is 1. The first-order valence-corrected chi connectivity index (χ1v) is 17.8. The van der Waals surface area contributed by atoms with Crippen LogP contribution in [0.5, 0.6) is 5.75 Å². The van der Waals surface area contributed by atoms with Crippen LogP contribution in [0.25, 0.3) is 0 Å². The minimum Gasteiger partial charge on any atom is -0.489 e. The molecular formula is C36H40BrN3O5S. The van der Waals surface area contributed by atoms with E-state index in [1.165, 1.54) is 4.90 Å². The summed E-state index contributed by atoms with van der Waals surface area (Å²) in [6.45, 7) is 3.87. The van der Waals surface area contributed by atoms with Crippen molar-refractivity contribution in [3.8, 4) is 5.75 Å². The van der Waals surface area contributed by atoms with Crippen LogP contribution in [0.4, 0.5) is 5.69 Å². The second-order valence-corrected chi connectivity index (χ2v) is 14.0. The van der Waals surface area contributed by atoms with Crippen molar-refractivity contribution in [1.82, 2.24) is 10.2 Å². The number of carbonyl (C=O) groups is 2. The van der Waals surface area contributed by atoms with Gasteiger partial charge < -0.3 is 15.0 Å². The van der Waals surface area contributed by atoms with Crippen molar-refractivity contribution in [2.45, 2.75) is 51.9 Å². The van der Waals surface area contributed by atoms with E-state index in [1.54, 1.807) is 24.3 Å². The van der Waals surface area contributed by atoms with Crippen molar-refractivity contribution in [1.29, 1.82) is 0 Å². The van der Waals surface area contributed by atoms with Gasteiger partial charge in [-0.15, -0.1) is 0 Å². The van der Waals surface area contributed by atoms with E-state index >= 15 is 0 Å². The van der Waals surface area contributed by atoms with Gasteiger partial charge in [0.15, 0.2) is 0 Å². The van der Waals surface area contributed by atoms with Gasteiger partial charge in [0.1, 0.15) is 24.9 Å². The zero-order chi connectivity index (χ0) is 33.1. The molecule has 0 saturated heterocycles.